The Balaban J connectivity index is 4.14. The van der Waals surface area contributed by atoms with E-state index in [1.54, 1.807) is 0 Å². The van der Waals surface area contributed by atoms with Gasteiger partial charge in [0.25, 0.3) is 0 Å². The van der Waals surface area contributed by atoms with E-state index in [2.05, 4.69) is 26.1 Å². The van der Waals surface area contributed by atoms with Crippen molar-refractivity contribution in [3.05, 3.63) is 0 Å². The summed E-state index contributed by atoms with van der Waals surface area (Å²) in [5.41, 5.74) is 0.0163. The van der Waals surface area contributed by atoms with E-state index in [0.29, 0.717) is 5.88 Å². The highest BCUT2D eigenvalue weighted by molar-refractivity contribution is 6.17. The summed E-state index contributed by atoms with van der Waals surface area (Å²) in [7, 11) is 0. The van der Waals surface area contributed by atoms with Crippen LogP contribution in [0.2, 0.25) is 0 Å². The van der Waals surface area contributed by atoms with Gasteiger partial charge in [-0.2, -0.15) is 0 Å². The zero-order valence-electron chi connectivity index (χ0n) is 11.0. The van der Waals surface area contributed by atoms with Crippen molar-refractivity contribution in [1.29, 1.82) is 0 Å². The molecular weight excluding hydrogens is 226 g/mol. The van der Waals surface area contributed by atoms with Crippen LogP contribution in [0.3, 0.4) is 0 Å². The average molecular weight is 250 g/mol. The Morgan fingerprint density at radius 3 is 2.31 bits per heavy atom. The number of alkyl halides is 1. The Morgan fingerprint density at radius 1 is 1.38 bits per heavy atom. The maximum atomic E-state index is 11.6. The third-order valence-corrected chi connectivity index (χ3v) is 2.54. The van der Waals surface area contributed by atoms with Gasteiger partial charge >= 0.3 is 0 Å². The minimum atomic E-state index is -0.0706. The number of rotatable bonds is 6. The molecule has 0 aliphatic rings. The van der Waals surface area contributed by atoms with Gasteiger partial charge in [-0.15, -0.1) is 11.6 Å². The lowest BCUT2D eigenvalue weighted by molar-refractivity contribution is -0.128. The van der Waals surface area contributed by atoms with Crippen molar-refractivity contribution < 1.29 is 9.53 Å². The summed E-state index contributed by atoms with van der Waals surface area (Å²) in [5, 5.41) is 2.96. The van der Waals surface area contributed by atoms with E-state index in [1.807, 2.05) is 13.8 Å². The molecule has 1 unspecified atom stereocenters. The Hall–Kier alpha value is -0.280. The van der Waals surface area contributed by atoms with Crippen molar-refractivity contribution in [2.24, 2.45) is 5.41 Å². The highest BCUT2D eigenvalue weighted by Crippen LogP contribution is 2.22. The minimum absolute atomic E-state index is 0.0163. The third-order valence-electron chi connectivity index (χ3n) is 2.33. The molecule has 0 aliphatic carbocycles. The van der Waals surface area contributed by atoms with Gasteiger partial charge in [0.05, 0.1) is 6.10 Å². The maximum absolute atomic E-state index is 11.6. The zero-order chi connectivity index (χ0) is 12.8. The largest absolute Gasteiger partial charge is 0.369 e. The number of carbonyl (C=O) groups is 1. The SMILES string of the molecule is CC(C)OCC(=O)NC(CCCl)C(C)(C)C. The molecule has 0 aromatic rings. The van der Waals surface area contributed by atoms with Crippen molar-refractivity contribution in [2.75, 3.05) is 12.5 Å². The summed E-state index contributed by atoms with van der Waals surface area (Å²) in [6.07, 6.45) is 0.852. The third kappa shape index (κ3) is 7.07. The number of ether oxygens (including phenoxy) is 1. The van der Waals surface area contributed by atoms with Crippen LogP contribution < -0.4 is 5.32 Å². The molecule has 0 saturated heterocycles. The highest BCUT2D eigenvalue weighted by Gasteiger charge is 2.25. The van der Waals surface area contributed by atoms with Crippen LogP contribution in [0.1, 0.15) is 41.0 Å². The molecule has 96 valence electrons. The molecule has 0 rings (SSSR count). The first-order valence-electron chi connectivity index (χ1n) is 5.74. The van der Waals surface area contributed by atoms with Crippen LogP contribution in [0.25, 0.3) is 0 Å². The van der Waals surface area contributed by atoms with Crippen molar-refractivity contribution >= 4 is 17.5 Å². The van der Waals surface area contributed by atoms with Crippen LogP contribution in [-0.2, 0) is 9.53 Å². The van der Waals surface area contributed by atoms with Gasteiger partial charge in [0.1, 0.15) is 6.61 Å². The summed E-state index contributed by atoms with van der Waals surface area (Å²) in [4.78, 5) is 11.6. The molecule has 0 aliphatic heterocycles. The second kappa shape index (κ2) is 7.13. The lowest BCUT2D eigenvalue weighted by Gasteiger charge is -2.31. The summed E-state index contributed by atoms with van der Waals surface area (Å²) in [6.45, 7) is 10.2. The standard InChI is InChI=1S/C12H24ClNO2/c1-9(2)16-8-11(15)14-10(6-7-13)12(3,4)5/h9-10H,6-8H2,1-5H3,(H,14,15). The molecule has 4 heteroatoms. The van der Waals surface area contributed by atoms with Crippen LogP contribution in [0, 0.1) is 5.41 Å². The summed E-state index contributed by atoms with van der Waals surface area (Å²) < 4.78 is 5.25. The van der Waals surface area contributed by atoms with Crippen LogP contribution in [0.4, 0.5) is 0 Å². The molecule has 0 heterocycles. The molecule has 1 N–H and O–H groups in total. The fraction of sp³-hybridized carbons (Fsp3) is 0.917. The number of hydrogen-bond donors (Lipinski definition) is 1. The van der Waals surface area contributed by atoms with Crippen molar-refractivity contribution in [1.82, 2.24) is 5.32 Å². The molecule has 1 atom stereocenters. The molecule has 0 radical (unpaired) electrons. The smallest absolute Gasteiger partial charge is 0.246 e. The monoisotopic (exact) mass is 249 g/mol. The van der Waals surface area contributed by atoms with E-state index < -0.39 is 0 Å². The van der Waals surface area contributed by atoms with Gasteiger partial charge in [0.15, 0.2) is 0 Å². The van der Waals surface area contributed by atoms with Gasteiger partial charge in [0, 0.05) is 11.9 Å². The van der Waals surface area contributed by atoms with Crippen LogP contribution in [0.15, 0.2) is 0 Å². The Labute approximate surface area is 104 Å². The van der Waals surface area contributed by atoms with Crippen molar-refractivity contribution in [2.45, 2.75) is 53.2 Å². The van der Waals surface area contributed by atoms with E-state index >= 15 is 0 Å². The lowest BCUT2D eigenvalue weighted by atomic mass is 9.85. The fourth-order valence-corrected chi connectivity index (χ4v) is 1.53. The normalized spacial score (nSPS) is 13.9. The first-order chi connectivity index (χ1) is 7.27. The topological polar surface area (TPSA) is 38.3 Å². The Morgan fingerprint density at radius 2 is 1.94 bits per heavy atom. The lowest BCUT2D eigenvalue weighted by Crippen LogP contribution is -2.45. The van der Waals surface area contributed by atoms with Gasteiger partial charge in [-0.3, -0.25) is 4.79 Å². The minimum Gasteiger partial charge on any atom is -0.369 e. The van der Waals surface area contributed by atoms with Gasteiger partial charge in [-0.05, 0) is 25.7 Å². The van der Waals surface area contributed by atoms with Crippen LogP contribution in [0.5, 0.6) is 0 Å². The van der Waals surface area contributed by atoms with E-state index in [4.69, 9.17) is 16.3 Å². The average Bonchev–Trinajstić information content (AvgIpc) is 2.12. The summed E-state index contributed by atoms with van der Waals surface area (Å²) in [6, 6.07) is 0.0910. The van der Waals surface area contributed by atoms with E-state index in [0.717, 1.165) is 6.42 Å². The van der Waals surface area contributed by atoms with Crippen LogP contribution >= 0.6 is 11.6 Å². The molecule has 0 spiro atoms. The molecule has 16 heavy (non-hydrogen) atoms. The highest BCUT2D eigenvalue weighted by atomic mass is 35.5. The number of hydrogen-bond acceptors (Lipinski definition) is 2. The van der Waals surface area contributed by atoms with Crippen molar-refractivity contribution in [3.63, 3.8) is 0 Å². The molecule has 0 saturated carbocycles. The maximum Gasteiger partial charge on any atom is 0.246 e. The molecule has 0 bridgehead atoms. The van der Waals surface area contributed by atoms with Gasteiger partial charge < -0.3 is 10.1 Å². The van der Waals surface area contributed by atoms with Crippen LogP contribution in [-0.4, -0.2) is 30.5 Å². The second-order valence-electron chi connectivity index (χ2n) is 5.32. The predicted molar refractivity (Wildman–Crippen MR) is 67.8 cm³/mol. The Bertz CT molecular complexity index is 212. The number of nitrogens with one attached hydrogen (secondary N) is 1. The van der Waals surface area contributed by atoms with Gasteiger partial charge in [-0.25, -0.2) is 0 Å². The van der Waals surface area contributed by atoms with E-state index in [1.165, 1.54) is 0 Å². The van der Waals surface area contributed by atoms with Gasteiger partial charge in [0.2, 0.25) is 5.91 Å². The second-order valence-corrected chi connectivity index (χ2v) is 5.70. The number of amides is 1. The number of halogens is 1. The first-order valence-corrected chi connectivity index (χ1v) is 6.27. The summed E-state index contributed by atoms with van der Waals surface area (Å²) >= 11 is 5.73. The Kier molecular flexibility index (Phi) is 7.00. The molecule has 0 aromatic heterocycles. The van der Waals surface area contributed by atoms with Crippen molar-refractivity contribution in [3.8, 4) is 0 Å². The van der Waals surface area contributed by atoms with E-state index in [9.17, 15) is 4.79 Å². The fourth-order valence-electron chi connectivity index (χ4n) is 1.31. The molecular formula is C12H24ClNO2. The number of carbonyl (C=O) groups excluding carboxylic acids is 1. The predicted octanol–water partition coefficient (Wildman–Crippen LogP) is 2.57. The quantitative estimate of drug-likeness (QED) is 0.735. The van der Waals surface area contributed by atoms with Gasteiger partial charge in [-0.1, -0.05) is 20.8 Å². The molecule has 3 nitrogen and oxygen atoms in total. The molecule has 0 aromatic carbocycles. The molecule has 1 amide bonds. The zero-order valence-corrected chi connectivity index (χ0v) is 11.7. The van der Waals surface area contributed by atoms with E-state index in [-0.39, 0.29) is 30.1 Å². The summed E-state index contributed by atoms with van der Waals surface area (Å²) in [5.74, 6) is 0.478. The first kappa shape index (κ1) is 15.7. The molecule has 0 fully saturated rings.